The van der Waals surface area contributed by atoms with E-state index in [0.29, 0.717) is 0 Å². The Labute approximate surface area is 155 Å². The molecule has 25 heavy (non-hydrogen) atoms. The Morgan fingerprint density at radius 3 is 2.32 bits per heavy atom. The minimum atomic E-state index is -0.400. The van der Waals surface area contributed by atoms with Crippen molar-refractivity contribution in [2.75, 3.05) is 0 Å². The largest absolute Gasteiger partial charge is 0.337 e. The monoisotopic (exact) mass is 395 g/mol. The Morgan fingerprint density at radius 1 is 0.840 bits per heavy atom. The normalized spacial score (nSPS) is 22.9. The Morgan fingerprint density at radius 2 is 1.60 bits per heavy atom. The summed E-state index contributed by atoms with van der Waals surface area (Å²) in [5.74, 6) is 0. The number of ether oxygens (including phenoxy) is 2. The summed E-state index contributed by atoms with van der Waals surface area (Å²) in [5.41, 5.74) is 4.32. The number of halogens is 1. The molecule has 2 heterocycles. The summed E-state index contributed by atoms with van der Waals surface area (Å²) in [5, 5.41) is 0. The lowest BCUT2D eigenvalue weighted by Crippen LogP contribution is -2.08. The number of hydrogen-bond donors (Lipinski definition) is 0. The minimum absolute atomic E-state index is 0.203. The van der Waals surface area contributed by atoms with Gasteiger partial charge in [0.05, 0.1) is 0 Å². The van der Waals surface area contributed by atoms with Crippen molar-refractivity contribution < 1.29 is 9.47 Å². The predicted octanol–water partition coefficient (Wildman–Crippen LogP) is 5.68. The van der Waals surface area contributed by atoms with Gasteiger partial charge in [-0.3, -0.25) is 4.98 Å². The third-order valence-electron chi connectivity index (χ3n) is 4.39. The molecule has 0 radical (unpaired) electrons. The van der Waals surface area contributed by atoms with Crippen LogP contribution < -0.4 is 0 Å². The van der Waals surface area contributed by atoms with Crippen LogP contribution in [0.15, 0.2) is 77.5 Å². The van der Waals surface area contributed by atoms with Crippen LogP contribution in [0.4, 0.5) is 0 Å². The van der Waals surface area contributed by atoms with Crippen LogP contribution in [0.2, 0.25) is 0 Å². The first-order valence-electron chi connectivity index (χ1n) is 8.24. The average molecular weight is 396 g/mol. The Kier molecular flexibility index (Phi) is 4.66. The SMILES string of the molecule is Cc1ccc(C2OC(c3cccnc3)C(c3ccccc3Br)O2)cc1. The highest BCUT2D eigenvalue weighted by molar-refractivity contribution is 9.10. The van der Waals surface area contributed by atoms with Crippen LogP contribution in [-0.4, -0.2) is 4.98 Å². The summed E-state index contributed by atoms with van der Waals surface area (Å²) in [7, 11) is 0. The van der Waals surface area contributed by atoms with E-state index in [-0.39, 0.29) is 12.2 Å². The molecule has 2 aromatic carbocycles. The van der Waals surface area contributed by atoms with Gasteiger partial charge in [0, 0.05) is 28.0 Å². The third-order valence-corrected chi connectivity index (χ3v) is 5.11. The molecule has 0 amide bonds. The van der Waals surface area contributed by atoms with Crippen molar-refractivity contribution in [3.05, 3.63) is 99.8 Å². The fraction of sp³-hybridized carbons (Fsp3) is 0.190. The zero-order valence-corrected chi connectivity index (χ0v) is 15.4. The first-order chi connectivity index (χ1) is 12.2. The smallest absolute Gasteiger partial charge is 0.185 e. The molecule has 0 N–H and O–H groups in total. The van der Waals surface area contributed by atoms with Gasteiger partial charge in [0.2, 0.25) is 0 Å². The van der Waals surface area contributed by atoms with Gasteiger partial charge >= 0.3 is 0 Å². The summed E-state index contributed by atoms with van der Waals surface area (Å²) in [4.78, 5) is 4.24. The molecule has 3 atom stereocenters. The van der Waals surface area contributed by atoms with Crippen LogP contribution in [0.5, 0.6) is 0 Å². The quantitative estimate of drug-likeness (QED) is 0.571. The van der Waals surface area contributed by atoms with Crippen LogP contribution in [0, 0.1) is 6.92 Å². The molecule has 4 rings (SSSR count). The topological polar surface area (TPSA) is 31.4 Å². The molecular formula is C21H18BrNO2. The van der Waals surface area contributed by atoms with Crippen LogP contribution in [0.1, 0.15) is 40.8 Å². The molecular weight excluding hydrogens is 378 g/mol. The first kappa shape index (κ1) is 16.5. The number of aryl methyl sites for hydroxylation is 1. The molecule has 0 aliphatic carbocycles. The summed E-state index contributed by atoms with van der Waals surface area (Å²) in [6.07, 6.45) is 2.80. The van der Waals surface area contributed by atoms with E-state index in [1.807, 2.05) is 36.5 Å². The molecule has 4 heteroatoms. The summed E-state index contributed by atoms with van der Waals surface area (Å²) >= 11 is 3.64. The standard InChI is InChI=1S/C21H18BrNO2/c1-14-8-10-15(11-9-14)21-24-19(16-5-4-12-23-13-16)20(25-21)17-6-2-3-7-18(17)22/h2-13,19-21H,1H3. The van der Waals surface area contributed by atoms with Gasteiger partial charge in [-0.15, -0.1) is 0 Å². The summed E-state index contributed by atoms with van der Waals surface area (Å²) < 4.78 is 13.7. The fourth-order valence-electron chi connectivity index (χ4n) is 3.06. The van der Waals surface area contributed by atoms with E-state index in [1.54, 1.807) is 6.20 Å². The van der Waals surface area contributed by atoms with Crippen molar-refractivity contribution in [1.29, 1.82) is 0 Å². The molecule has 1 saturated heterocycles. The van der Waals surface area contributed by atoms with Crippen LogP contribution >= 0.6 is 15.9 Å². The Bertz CT molecular complexity index is 851. The molecule has 1 aliphatic heterocycles. The van der Waals surface area contributed by atoms with E-state index in [0.717, 1.165) is 21.2 Å². The van der Waals surface area contributed by atoms with Gasteiger partial charge in [-0.1, -0.05) is 70.0 Å². The van der Waals surface area contributed by atoms with Crippen molar-refractivity contribution in [3.63, 3.8) is 0 Å². The molecule has 1 fully saturated rings. The Balaban J connectivity index is 1.72. The first-order valence-corrected chi connectivity index (χ1v) is 9.03. The molecule has 1 aliphatic rings. The molecule has 0 spiro atoms. The zero-order valence-electron chi connectivity index (χ0n) is 13.8. The number of benzene rings is 2. The lowest BCUT2D eigenvalue weighted by molar-refractivity contribution is -0.0699. The molecule has 1 aromatic heterocycles. The lowest BCUT2D eigenvalue weighted by atomic mass is 10.00. The number of pyridine rings is 1. The second-order valence-electron chi connectivity index (χ2n) is 6.16. The number of nitrogens with zero attached hydrogens (tertiary/aromatic N) is 1. The van der Waals surface area contributed by atoms with Gasteiger partial charge in [0.1, 0.15) is 12.2 Å². The maximum Gasteiger partial charge on any atom is 0.185 e. The molecule has 0 saturated carbocycles. The maximum absolute atomic E-state index is 6.34. The van der Waals surface area contributed by atoms with Crippen LogP contribution in [0.3, 0.4) is 0 Å². The van der Waals surface area contributed by atoms with Crippen LogP contribution in [0.25, 0.3) is 0 Å². The molecule has 3 aromatic rings. The van der Waals surface area contributed by atoms with Gasteiger partial charge < -0.3 is 9.47 Å². The number of aromatic nitrogens is 1. The van der Waals surface area contributed by atoms with E-state index in [2.05, 4.69) is 58.2 Å². The van der Waals surface area contributed by atoms with E-state index in [9.17, 15) is 0 Å². The van der Waals surface area contributed by atoms with E-state index < -0.39 is 6.29 Å². The van der Waals surface area contributed by atoms with Gasteiger partial charge in [0.25, 0.3) is 0 Å². The van der Waals surface area contributed by atoms with Gasteiger partial charge in [-0.25, -0.2) is 0 Å². The highest BCUT2D eigenvalue weighted by Gasteiger charge is 2.39. The van der Waals surface area contributed by atoms with Crippen molar-refractivity contribution in [3.8, 4) is 0 Å². The highest BCUT2D eigenvalue weighted by Crippen LogP contribution is 2.49. The van der Waals surface area contributed by atoms with Gasteiger partial charge in [0.15, 0.2) is 6.29 Å². The molecule has 3 unspecified atom stereocenters. The number of rotatable bonds is 3. The second-order valence-corrected chi connectivity index (χ2v) is 7.02. The Hall–Kier alpha value is -2.01. The minimum Gasteiger partial charge on any atom is -0.337 e. The molecule has 0 bridgehead atoms. The zero-order chi connectivity index (χ0) is 17.2. The average Bonchev–Trinajstić information content (AvgIpc) is 3.08. The van der Waals surface area contributed by atoms with Crippen molar-refractivity contribution >= 4 is 15.9 Å². The van der Waals surface area contributed by atoms with Gasteiger partial charge in [-0.05, 0) is 24.6 Å². The van der Waals surface area contributed by atoms with Gasteiger partial charge in [-0.2, -0.15) is 0 Å². The fourth-order valence-corrected chi connectivity index (χ4v) is 3.57. The maximum atomic E-state index is 6.34. The molecule has 126 valence electrons. The van der Waals surface area contributed by atoms with E-state index in [4.69, 9.17) is 9.47 Å². The number of hydrogen-bond acceptors (Lipinski definition) is 3. The lowest BCUT2D eigenvalue weighted by Gasteiger charge is -2.18. The van der Waals surface area contributed by atoms with Crippen molar-refractivity contribution in [2.45, 2.75) is 25.4 Å². The second kappa shape index (κ2) is 7.08. The summed E-state index contributed by atoms with van der Waals surface area (Å²) in [6, 6.07) is 20.3. The van der Waals surface area contributed by atoms with Crippen molar-refractivity contribution in [2.24, 2.45) is 0 Å². The predicted molar refractivity (Wildman–Crippen MR) is 100.0 cm³/mol. The van der Waals surface area contributed by atoms with Crippen molar-refractivity contribution in [1.82, 2.24) is 4.98 Å². The van der Waals surface area contributed by atoms with Crippen LogP contribution in [-0.2, 0) is 9.47 Å². The van der Waals surface area contributed by atoms with E-state index in [1.165, 1.54) is 5.56 Å². The highest BCUT2D eigenvalue weighted by atomic mass is 79.9. The molecule has 3 nitrogen and oxygen atoms in total. The van der Waals surface area contributed by atoms with E-state index >= 15 is 0 Å². The third kappa shape index (κ3) is 3.38. The summed E-state index contributed by atoms with van der Waals surface area (Å²) in [6.45, 7) is 2.07.